The molecule has 0 bridgehead atoms. The Balaban J connectivity index is 2.12. The third kappa shape index (κ3) is 3.64. The van der Waals surface area contributed by atoms with E-state index in [9.17, 15) is 0 Å². The lowest BCUT2D eigenvalue weighted by atomic mass is 10.0. The molecule has 4 heteroatoms. The Morgan fingerprint density at radius 3 is 2.80 bits per heavy atom. The summed E-state index contributed by atoms with van der Waals surface area (Å²) in [4.78, 5) is 0. The summed E-state index contributed by atoms with van der Waals surface area (Å²) in [7, 11) is 1.92. The van der Waals surface area contributed by atoms with Crippen molar-refractivity contribution in [1.29, 1.82) is 0 Å². The average molecular weight is 338 g/mol. The second kappa shape index (κ2) is 6.95. The molecule has 0 saturated carbocycles. The summed E-state index contributed by atoms with van der Waals surface area (Å²) in [6.07, 6.45) is 1.70. The van der Waals surface area contributed by atoms with Crippen molar-refractivity contribution in [3.63, 3.8) is 0 Å². The first-order valence-corrected chi connectivity index (χ1v) is 7.53. The Kier molecular flexibility index (Phi) is 5.26. The van der Waals surface area contributed by atoms with Crippen LogP contribution in [-0.2, 0) is 13.2 Å². The number of furan rings is 1. The maximum Gasteiger partial charge on any atom is 0.146 e. The van der Waals surface area contributed by atoms with E-state index in [4.69, 9.17) is 9.15 Å². The second-order valence-corrected chi connectivity index (χ2v) is 5.94. The van der Waals surface area contributed by atoms with E-state index in [1.165, 1.54) is 5.56 Å². The highest BCUT2D eigenvalue weighted by molar-refractivity contribution is 9.10. The molecule has 1 heterocycles. The van der Waals surface area contributed by atoms with Crippen LogP contribution in [0.1, 0.15) is 36.7 Å². The second-order valence-electron chi connectivity index (χ2n) is 5.02. The van der Waals surface area contributed by atoms with Crippen LogP contribution in [0.2, 0.25) is 0 Å². The Bertz CT molecular complexity index is 563. The van der Waals surface area contributed by atoms with Crippen LogP contribution in [0.3, 0.4) is 0 Å². The highest BCUT2D eigenvalue weighted by Gasteiger charge is 2.11. The van der Waals surface area contributed by atoms with Crippen molar-refractivity contribution < 1.29 is 9.15 Å². The van der Waals surface area contributed by atoms with Crippen molar-refractivity contribution in [2.75, 3.05) is 7.05 Å². The topological polar surface area (TPSA) is 34.4 Å². The van der Waals surface area contributed by atoms with Gasteiger partial charge in [-0.2, -0.15) is 0 Å². The number of benzene rings is 1. The van der Waals surface area contributed by atoms with Gasteiger partial charge in [-0.25, -0.2) is 0 Å². The van der Waals surface area contributed by atoms with E-state index in [0.29, 0.717) is 12.5 Å². The molecule has 1 aromatic heterocycles. The third-order valence-electron chi connectivity index (χ3n) is 3.16. The Labute approximate surface area is 128 Å². The normalized spacial score (nSPS) is 11.1. The molecule has 2 rings (SSSR count). The van der Waals surface area contributed by atoms with Gasteiger partial charge in [-0.15, -0.1) is 0 Å². The zero-order valence-corrected chi connectivity index (χ0v) is 13.7. The van der Waals surface area contributed by atoms with Gasteiger partial charge in [0.2, 0.25) is 0 Å². The lowest BCUT2D eigenvalue weighted by Crippen LogP contribution is -2.07. The molecule has 0 aliphatic heterocycles. The van der Waals surface area contributed by atoms with E-state index >= 15 is 0 Å². The predicted octanol–water partition coefficient (Wildman–Crippen LogP) is 4.46. The maximum atomic E-state index is 5.94. The van der Waals surface area contributed by atoms with Crippen LogP contribution in [0.4, 0.5) is 0 Å². The monoisotopic (exact) mass is 337 g/mol. The molecule has 0 atom stereocenters. The van der Waals surface area contributed by atoms with Gasteiger partial charge in [0.1, 0.15) is 18.1 Å². The van der Waals surface area contributed by atoms with E-state index in [0.717, 1.165) is 28.1 Å². The quantitative estimate of drug-likeness (QED) is 0.844. The molecule has 0 saturated heterocycles. The van der Waals surface area contributed by atoms with Gasteiger partial charge < -0.3 is 14.5 Å². The fourth-order valence-corrected chi connectivity index (χ4v) is 2.47. The number of halogens is 1. The van der Waals surface area contributed by atoms with Crippen molar-refractivity contribution >= 4 is 15.9 Å². The SMILES string of the molecule is CNCc1ccoc1COc1ccc(Br)cc1C(C)C. The van der Waals surface area contributed by atoms with Gasteiger partial charge in [0.05, 0.1) is 6.26 Å². The van der Waals surface area contributed by atoms with Crippen LogP contribution >= 0.6 is 15.9 Å². The van der Waals surface area contributed by atoms with Gasteiger partial charge in [0, 0.05) is 16.6 Å². The Morgan fingerprint density at radius 2 is 2.10 bits per heavy atom. The van der Waals surface area contributed by atoms with Crippen molar-refractivity contribution in [2.45, 2.75) is 32.9 Å². The van der Waals surface area contributed by atoms with Gasteiger partial charge >= 0.3 is 0 Å². The van der Waals surface area contributed by atoms with E-state index in [1.807, 2.05) is 25.2 Å². The van der Waals surface area contributed by atoms with E-state index in [1.54, 1.807) is 6.26 Å². The molecule has 20 heavy (non-hydrogen) atoms. The first-order valence-electron chi connectivity index (χ1n) is 6.74. The van der Waals surface area contributed by atoms with Crippen LogP contribution in [0, 0.1) is 0 Å². The molecule has 0 fully saturated rings. The van der Waals surface area contributed by atoms with Crippen molar-refractivity contribution in [3.8, 4) is 5.75 Å². The lowest BCUT2D eigenvalue weighted by molar-refractivity contribution is 0.265. The minimum Gasteiger partial charge on any atom is -0.485 e. The predicted molar refractivity (Wildman–Crippen MR) is 84.0 cm³/mol. The first-order chi connectivity index (χ1) is 9.61. The standard InChI is InChI=1S/C16H20BrNO2/c1-11(2)14-8-13(17)4-5-15(14)20-10-16-12(9-18-3)6-7-19-16/h4-8,11,18H,9-10H2,1-3H3. The summed E-state index contributed by atoms with van der Waals surface area (Å²) in [5, 5.41) is 3.12. The summed E-state index contributed by atoms with van der Waals surface area (Å²) in [6, 6.07) is 8.08. The van der Waals surface area contributed by atoms with Gasteiger partial charge in [-0.3, -0.25) is 0 Å². The molecular weight excluding hydrogens is 318 g/mol. The molecular formula is C16H20BrNO2. The molecule has 0 aliphatic carbocycles. The Morgan fingerprint density at radius 1 is 1.30 bits per heavy atom. The van der Waals surface area contributed by atoms with Crippen LogP contribution < -0.4 is 10.1 Å². The zero-order valence-electron chi connectivity index (χ0n) is 12.1. The van der Waals surface area contributed by atoms with Crippen LogP contribution in [0.5, 0.6) is 5.75 Å². The summed E-state index contributed by atoms with van der Waals surface area (Å²) in [6.45, 7) is 5.56. The molecule has 2 aromatic rings. The summed E-state index contributed by atoms with van der Waals surface area (Å²) in [5.74, 6) is 2.20. The van der Waals surface area contributed by atoms with E-state index in [2.05, 4.69) is 41.2 Å². The summed E-state index contributed by atoms with van der Waals surface area (Å²) < 4.78 is 12.5. The number of nitrogens with one attached hydrogen (secondary N) is 1. The smallest absolute Gasteiger partial charge is 0.146 e. The van der Waals surface area contributed by atoms with Crippen LogP contribution in [0.15, 0.2) is 39.4 Å². The molecule has 3 nitrogen and oxygen atoms in total. The molecule has 0 spiro atoms. The van der Waals surface area contributed by atoms with E-state index < -0.39 is 0 Å². The number of hydrogen-bond acceptors (Lipinski definition) is 3. The average Bonchev–Trinajstić information content (AvgIpc) is 2.85. The van der Waals surface area contributed by atoms with Crippen molar-refractivity contribution in [1.82, 2.24) is 5.32 Å². The highest BCUT2D eigenvalue weighted by atomic mass is 79.9. The van der Waals surface area contributed by atoms with Crippen LogP contribution in [0.25, 0.3) is 0 Å². The van der Waals surface area contributed by atoms with Gasteiger partial charge in [-0.05, 0) is 42.8 Å². The molecule has 0 amide bonds. The number of hydrogen-bond donors (Lipinski definition) is 1. The Hall–Kier alpha value is -1.26. The first kappa shape index (κ1) is 15.1. The van der Waals surface area contributed by atoms with Gasteiger partial charge in [-0.1, -0.05) is 29.8 Å². The number of ether oxygens (including phenoxy) is 1. The molecule has 0 unspecified atom stereocenters. The van der Waals surface area contributed by atoms with Gasteiger partial charge in [0.15, 0.2) is 0 Å². The molecule has 1 aromatic carbocycles. The molecule has 108 valence electrons. The summed E-state index contributed by atoms with van der Waals surface area (Å²) in [5.41, 5.74) is 2.33. The molecule has 0 radical (unpaired) electrons. The van der Waals surface area contributed by atoms with E-state index in [-0.39, 0.29) is 0 Å². The minimum absolute atomic E-state index is 0.413. The minimum atomic E-state index is 0.413. The summed E-state index contributed by atoms with van der Waals surface area (Å²) >= 11 is 3.50. The largest absolute Gasteiger partial charge is 0.485 e. The number of rotatable bonds is 6. The van der Waals surface area contributed by atoms with Gasteiger partial charge in [0.25, 0.3) is 0 Å². The van der Waals surface area contributed by atoms with Crippen molar-refractivity contribution in [3.05, 3.63) is 51.9 Å². The van der Waals surface area contributed by atoms with Crippen molar-refractivity contribution in [2.24, 2.45) is 0 Å². The maximum absolute atomic E-state index is 5.94. The highest BCUT2D eigenvalue weighted by Crippen LogP contribution is 2.30. The zero-order chi connectivity index (χ0) is 14.5. The fraction of sp³-hybridized carbons (Fsp3) is 0.375. The van der Waals surface area contributed by atoms with Crippen LogP contribution in [-0.4, -0.2) is 7.05 Å². The molecule has 1 N–H and O–H groups in total. The third-order valence-corrected chi connectivity index (χ3v) is 3.65. The lowest BCUT2D eigenvalue weighted by Gasteiger charge is -2.14. The molecule has 0 aliphatic rings. The fourth-order valence-electron chi connectivity index (χ4n) is 2.09.